The molecule has 0 spiro atoms. The number of carboxylic acid groups (broad SMARTS) is 2. The molecule has 0 saturated heterocycles. The van der Waals surface area contributed by atoms with Crippen molar-refractivity contribution < 1.29 is 112 Å². The average molecular weight is 970 g/mol. The standard InChI is InChI=1S/C41H66N2O11.C7H5N3S.2Na/c1-4-6-8-10-12-14-16-34(40(46)47)31-38(44)53-28-26-51-23-21-43(36-18-19-37(42)33(3)30-36)20-22-50-24-25-52-27-29-54-39(45)32-35(41(48)49)17-15-13-11-9-7-5-2;1-4-5(2-8)7(10)11-6(4)3-9;;/h12-15,18-19,30,34-35H,4-11,16-17,20-29,31-32,42H2,1-3H3,(H,46,47)(H,48,49);10H2,1H3;;/q;;2*+1/p-2/b14-12+,15-13+;;;. The second-order valence-corrected chi connectivity index (χ2v) is 16.2. The Hall–Kier alpha value is -3.46. The largest absolute Gasteiger partial charge is 1.00 e. The van der Waals surface area contributed by atoms with Crippen LogP contribution in [0.5, 0.6) is 0 Å². The molecule has 1 heterocycles. The quantitative estimate of drug-likeness (QED) is 0.0294. The molecule has 0 fully saturated rings. The summed E-state index contributed by atoms with van der Waals surface area (Å²) in [4.78, 5) is 49.8. The molecule has 0 radical (unpaired) electrons. The Morgan fingerprint density at radius 3 is 1.55 bits per heavy atom. The Labute approximate surface area is 445 Å². The van der Waals surface area contributed by atoms with E-state index in [4.69, 9.17) is 45.7 Å². The van der Waals surface area contributed by atoms with E-state index in [1.54, 1.807) is 19.1 Å². The number of carboxylic acids is 2. The summed E-state index contributed by atoms with van der Waals surface area (Å²) in [6, 6.07) is 9.67. The maximum absolute atomic E-state index is 12.2. The number of carbonyl (C=O) groups is 4. The number of carbonyl (C=O) groups excluding carboxylic acids is 4. The first kappa shape index (κ1) is 65.6. The van der Waals surface area contributed by atoms with Gasteiger partial charge in [0.1, 0.15) is 35.2 Å². The van der Waals surface area contributed by atoms with Gasteiger partial charge in [0.25, 0.3) is 0 Å². The van der Waals surface area contributed by atoms with E-state index in [0.29, 0.717) is 59.6 Å². The molecule has 0 aliphatic carbocycles. The van der Waals surface area contributed by atoms with E-state index < -0.39 is 35.7 Å². The van der Waals surface area contributed by atoms with Crippen molar-refractivity contribution in [3.05, 3.63) is 64.1 Å². The fraction of sp³-hybridized carbons (Fsp3) is 0.583. The van der Waals surface area contributed by atoms with E-state index in [2.05, 4.69) is 18.7 Å². The molecule has 1 aromatic carbocycles. The third-order valence-corrected chi connectivity index (χ3v) is 11.0. The number of hydrogen-bond acceptors (Lipinski definition) is 17. The molecule has 0 saturated carbocycles. The molecular formula is C48H69N5Na2O11S. The molecule has 4 N–H and O–H groups in total. The smallest absolute Gasteiger partial charge is 0.550 e. The molecule has 0 aliphatic rings. The minimum Gasteiger partial charge on any atom is -0.550 e. The third-order valence-electron chi connectivity index (χ3n) is 9.99. The second kappa shape index (κ2) is 41.5. The van der Waals surface area contributed by atoms with Gasteiger partial charge in [-0.25, -0.2) is 0 Å². The molecule has 16 nitrogen and oxygen atoms in total. The first-order valence-corrected chi connectivity index (χ1v) is 23.2. The normalized spacial score (nSPS) is 11.6. The van der Waals surface area contributed by atoms with Gasteiger partial charge in [-0.3, -0.25) is 9.59 Å². The molecule has 0 amide bonds. The van der Waals surface area contributed by atoms with E-state index >= 15 is 0 Å². The van der Waals surface area contributed by atoms with E-state index in [1.165, 1.54) is 0 Å². The first-order chi connectivity index (χ1) is 31.3. The van der Waals surface area contributed by atoms with Gasteiger partial charge in [0.15, 0.2) is 0 Å². The van der Waals surface area contributed by atoms with Gasteiger partial charge >= 0.3 is 71.1 Å². The number of nitrogen functional groups attached to an aromatic ring is 2. The number of hydrogen-bond donors (Lipinski definition) is 2. The van der Waals surface area contributed by atoms with Crippen molar-refractivity contribution in [1.82, 2.24) is 0 Å². The van der Waals surface area contributed by atoms with E-state index in [0.717, 1.165) is 74.0 Å². The van der Waals surface area contributed by atoms with Crippen molar-refractivity contribution in [3.8, 4) is 12.1 Å². The number of benzene rings is 1. The summed E-state index contributed by atoms with van der Waals surface area (Å²) in [5.74, 6) is -5.61. The fourth-order valence-corrected chi connectivity index (χ4v) is 6.86. The monoisotopic (exact) mass is 969 g/mol. The molecular weight excluding hydrogens is 901 g/mol. The minimum absolute atomic E-state index is 0. The molecule has 67 heavy (non-hydrogen) atoms. The summed E-state index contributed by atoms with van der Waals surface area (Å²) < 4.78 is 27.3. The van der Waals surface area contributed by atoms with Crippen molar-refractivity contribution in [2.75, 3.05) is 82.3 Å². The molecule has 2 rings (SSSR count). The summed E-state index contributed by atoms with van der Waals surface area (Å²) in [7, 11) is 0. The van der Waals surface area contributed by atoms with Gasteiger partial charge in [0.2, 0.25) is 0 Å². The number of rotatable bonds is 34. The van der Waals surface area contributed by atoms with Crippen LogP contribution in [0.2, 0.25) is 0 Å². The van der Waals surface area contributed by atoms with Crippen LogP contribution in [0.15, 0.2) is 42.5 Å². The van der Waals surface area contributed by atoms with E-state index in [1.807, 2.05) is 49.4 Å². The van der Waals surface area contributed by atoms with Crippen molar-refractivity contribution in [1.29, 1.82) is 10.5 Å². The Balaban J connectivity index is 0. The zero-order valence-electron chi connectivity index (χ0n) is 40.6. The number of allylic oxidation sites excluding steroid dienone is 4. The van der Waals surface area contributed by atoms with Crippen LogP contribution in [0.3, 0.4) is 0 Å². The average Bonchev–Trinajstić information content (AvgIpc) is 3.56. The van der Waals surface area contributed by atoms with Crippen LogP contribution < -0.4 is 85.7 Å². The number of nitrogens with two attached hydrogens (primary N) is 2. The molecule has 1 aromatic heterocycles. The fourth-order valence-electron chi connectivity index (χ4n) is 6.04. The number of aryl methyl sites for hydroxylation is 1. The van der Waals surface area contributed by atoms with Crippen LogP contribution in [0.1, 0.15) is 112 Å². The zero-order chi connectivity index (χ0) is 48.2. The van der Waals surface area contributed by atoms with E-state index in [-0.39, 0.29) is 118 Å². The van der Waals surface area contributed by atoms with Crippen molar-refractivity contribution in [2.24, 2.45) is 11.8 Å². The van der Waals surface area contributed by atoms with Crippen LogP contribution in [0, 0.1) is 48.3 Å². The molecule has 2 atom stereocenters. The number of unbranched alkanes of at least 4 members (excludes halogenated alkanes) is 6. The molecule has 19 heteroatoms. The SMILES string of the molecule is CCCCC/C=C/CC(CC(=O)OCCOCCOCCN(CCOCCOC(=O)CC(C/C=C/CCCCC)C(=O)[O-])c1ccc(N)c(C)c1)C(=O)[O-].Cc1c(C#N)sc(N)c1C#N.[Na+].[Na+]. The van der Waals surface area contributed by atoms with Crippen LogP contribution >= 0.6 is 11.3 Å². The first-order valence-electron chi connectivity index (χ1n) is 22.4. The number of nitriles is 2. The summed E-state index contributed by atoms with van der Waals surface area (Å²) in [5, 5.41) is 40.4. The van der Waals surface area contributed by atoms with Gasteiger partial charge in [0.05, 0.1) is 58.0 Å². The molecule has 2 aromatic rings. The predicted octanol–water partition coefficient (Wildman–Crippen LogP) is -0.524. The van der Waals surface area contributed by atoms with Gasteiger partial charge in [-0.15, -0.1) is 11.3 Å². The number of thiophene rings is 1. The topological polar surface area (TPSA) is 263 Å². The van der Waals surface area contributed by atoms with Gasteiger partial charge in [-0.2, -0.15) is 10.5 Å². The van der Waals surface area contributed by atoms with Gasteiger partial charge in [-0.1, -0.05) is 63.8 Å². The Kier molecular flexibility index (Phi) is 40.7. The van der Waals surface area contributed by atoms with Crippen LogP contribution in [-0.4, -0.2) is 89.8 Å². The Morgan fingerprint density at radius 1 is 0.701 bits per heavy atom. The summed E-state index contributed by atoms with van der Waals surface area (Å²) in [6.07, 6.45) is 15.7. The molecule has 2 unspecified atom stereocenters. The number of esters is 2. The predicted molar refractivity (Wildman–Crippen MR) is 247 cm³/mol. The van der Waals surface area contributed by atoms with Crippen molar-refractivity contribution in [3.63, 3.8) is 0 Å². The third kappa shape index (κ3) is 30.6. The maximum atomic E-state index is 12.2. The van der Waals surface area contributed by atoms with Crippen LogP contribution in [-0.2, 0) is 42.9 Å². The zero-order valence-corrected chi connectivity index (χ0v) is 45.5. The Bertz CT molecular complexity index is 1870. The van der Waals surface area contributed by atoms with Gasteiger partial charge in [0, 0.05) is 48.2 Å². The van der Waals surface area contributed by atoms with Gasteiger partial charge in [-0.05, 0) is 81.7 Å². The molecule has 0 aliphatic heterocycles. The Morgan fingerprint density at radius 2 is 1.16 bits per heavy atom. The summed E-state index contributed by atoms with van der Waals surface area (Å²) >= 11 is 1.16. The number of aliphatic carboxylic acids is 2. The summed E-state index contributed by atoms with van der Waals surface area (Å²) in [6.45, 7) is 10.6. The van der Waals surface area contributed by atoms with E-state index in [9.17, 15) is 29.4 Å². The number of nitrogens with zero attached hydrogens (tertiary/aromatic N) is 3. The minimum atomic E-state index is -1.27. The van der Waals surface area contributed by atoms with Crippen molar-refractivity contribution >= 4 is 51.6 Å². The second-order valence-electron chi connectivity index (χ2n) is 15.2. The van der Waals surface area contributed by atoms with Gasteiger partial charge < -0.3 is 59.9 Å². The maximum Gasteiger partial charge on any atom is 1.00 e. The van der Waals surface area contributed by atoms with Crippen LogP contribution in [0.4, 0.5) is 16.4 Å². The summed E-state index contributed by atoms with van der Waals surface area (Å²) in [5.41, 5.74) is 15.2. The number of ether oxygens (including phenoxy) is 5. The van der Waals surface area contributed by atoms with Crippen molar-refractivity contribution in [2.45, 2.75) is 105 Å². The molecule has 0 bridgehead atoms. The molecule has 360 valence electrons. The van der Waals surface area contributed by atoms with Crippen LogP contribution in [0.25, 0.3) is 0 Å². The number of anilines is 3.